The minimum atomic E-state index is 0.261. The maximum atomic E-state index is 4.40. The number of aryl methyl sites for hydroxylation is 2. The van der Waals surface area contributed by atoms with Gasteiger partial charge in [0.25, 0.3) is 0 Å². The zero-order valence-electron chi connectivity index (χ0n) is 12.9. The molecule has 0 bridgehead atoms. The highest BCUT2D eigenvalue weighted by atomic mass is 79.9. The summed E-state index contributed by atoms with van der Waals surface area (Å²) in [7, 11) is 0. The quantitative estimate of drug-likeness (QED) is 0.828. The number of hydrogen-bond donors (Lipinski definition) is 1. The predicted octanol–water partition coefficient (Wildman–Crippen LogP) is 3.65. The molecule has 1 heterocycles. The summed E-state index contributed by atoms with van der Waals surface area (Å²) in [5.41, 5.74) is 2.54. The third-order valence-electron chi connectivity index (χ3n) is 3.62. The monoisotopic (exact) mass is 350 g/mol. The molecule has 1 N–H and O–H groups in total. The van der Waals surface area contributed by atoms with Gasteiger partial charge in [-0.3, -0.25) is 4.68 Å². The predicted molar refractivity (Wildman–Crippen MR) is 89.3 cm³/mol. The first kappa shape index (κ1) is 16.2. The molecule has 1 aromatic carbocycles. The van der Waals surface area contributed by atoms with E-state index in [9.17, 15) is 0 Å². The molecule has 0 fully saturated rings. The molecule has 0 aliphatic carbocycles. The lowest BCUT2D eigenvalue weighted by Crippen LogP contribution is -2.25. The summed E-state index contributed by atoms with van der Waals surface area (Å²) in [4.78, 5) is 4.40. The molecule has 114 valence electrons. The molecule has 1 atom stereocenters. The molecule has 21 heavy (non-hydrogen) atoms. The van der Waals surface area contributed by atoms with Gasteiger partial charge in [0.15, 0.2) is 0 Å². The highest BCUT2D eigenvalue weighted by Crippen LogP contribution is 2.24. The van der Waals surface area contributed by atoms with E-state index in [1.54, 1.807) is 6.33 Å². The van der Waals surface area contributed by atoms with Crippen molar-refractivity contribution in [1.29, 1.82) is 0 Å². The maximum Gasteiger partial charge on any atom is 0.138 e. The second-order valence-electron chi connectivity index (χ2n) is 5.21. The minimum absolute atomic E-state index is 0.261. The summed E-state index contributed by atoms with van der Waals surface area (Å²) in [6, 6.07) is 6.82. The smallest absolute Gasteiger partial charge is 0.138 e. The van der Waals surface area contributed by atoms with Crippen LogP contribution in [0.4, 0.5) is 0 Å². The SMILES string of the molecule is CCCNC(Cc1ncnn1CC)c1ccc(C)c(Br)c1. The summed E-state index contributed by atoms with van der Waals surface area (Å²) in [5.74, 6) is 1.03. The van der Waals surface area contributed by atoms with Gasteiger partial charge >= 0.3 is 0 Å². The molecule has 5 heteroatoms. The molecule has 0 spiro atoms. The van der Waals surface area contributed by atoms with E-state index in [1.165, 1.54) is 11.1 Å². The number of halogens is 1. The van der Waals surface area contributed by atoms with Crippen LogP contribution in [0.5, 0.6) is 0 Å². The largest absolute Gasteiger partial charge is 0.310 e. The Labute approximate surface area is 135 Å². The Morgan fingerprint density at radius 3 is 2.81 bits per heavy atom. The van der Waals surface area contributed by atoms with E-state index in [4.69, 9.17) is 0 Å². The lowest BCUT2D eigenvalue weighted by molar-refractivity contribution is 0.496. The first-order chi connectivity index (χ1) is 10.2. The summed E-state index contributed by atoms with van der Waals surface area (Å²) in [6.07, 6.45) is 3.61. The van der Waals surface area contributed by atoms with Gasteiger partial charge in [0.1, 0.15) is 12.2 Å². The molecule has 0 saturated carbocycles. The van der Waals surface area contributed by atoms with Crippen molar-refractivity contribution < 1.29 is 0 Å². The Hall–Kier alpha value is -1.20. The van der Waals surface area contributed by atoms with Gasteiger partial charge in [-0.1, -0.05) is 35.0 Å². The molecule has 0 amide bonds. The van der Waals surface area contributed by atoms with Gasteiger partial charge in [-0.05, 0) is 44.0 Å². The van der Waals surface area contributed by atoms with Crippen LogP contribution in [0.2, 0.25) is 0 Å². The van der Waals surface area contributed by atoms with Crippen LogP contribution in [0.25, 0.3) is 0 Å². The van der Waals surface area contributed by atoms with Crippen molar-refractivity contribution in [2.75, 3.05) is 6.54 Å². The highest BCUT2D eigenvalue weighted by molar-refractivity contribution is 9.10. The van der Waals surface area contributed by atoms with Crippen LogP contribution >= 0.6 is 15.9 Å². The van der Waals surface area contributed by atoms with E-state index in [2.05, 4.69) is 70.3 Å². The lowest BCUT2D eigenvalue weighted by atomic mass is 10.0. The number of benzene rings is 1. The van der Waals surface area contributed by atoms with Crippen LogP contribution in [-0.2, 0) is 13.0 Å². The molecule has 1 aromatic heterocycles. The summed E-state index contributed by atoms with van der Waals surface area (Å²) < 4.78 is 3.12. The van der Waals surface area contributed by atoms with Crippen LogP contribution in [0, 0.1) is 6.92 Å². The molecule has 2 aromatic rings. The zero-order valence-corrected chi connectivity index (χ0v) is 14.5. The van der Waals surface area contributed by atoms with Gasteiger partial charge < -0.3 is 5.32 Å². The Morgan fingerprint density at radius 2 is 2.14 bits per heavy atom. The van der Waals surface area contributed by atoms with Crippen molar-refractivity contribution >= 4 is 15.9 Å². The molecule has 2 rings (SSSR count). The number of nitrogens with zero attached hydrogens (tertiary/aromatic N) is 3. The Morgan fingerprint density at radius 1 is 1.33 bits per heavy atom. The third-order valence-corrected chi connectivity index (χ3v) is 4.48. The van der Waals surface area contributed by atoms with Crippen LogP contribution in [0.3, 0.4) is 0 Å². The second-order valence-corrected chi connectivity index (χ2v) is 6.07. The molecule has 0 aliphatic rings. The number of aromatic nitrogens is 3. The van der Waals surface area contributed by atoms with Gasteiger partial charge in [-0.15, -0.1) is 0 Å². The van der Waals surface area contributed by atoms with Gasteiger partial charge in [0.05, 0.1) is 0 Å². The Bertz CT molecular complexity index is 579. The zero-order chi connectivity index (χ0) is 15.2. The molecular weight excluding hydrogens is 328 g/mol. The van der Waals surface area contributed by atoms with E-state index >= 15 is 0 Å². The van der Waals surface area contributed by atoms with Crippen molar-refractivity contribution in [2.24, 2.45) is 0 Å². The number of rotatable bonds is 7. The first-order valence-electron chi connectivity index (χ1n) is 7.51. The van der Waals surface area contributed by atoms with Crippen molar-refractivity contribution in [1.82, 2.24) is 20.1 Å². The second kappa shape index (κ2) is 7.71. The summed E-state index contributed by atoms with van der Waals surface area (Å²) >= 11 is 3.63. The Kier molecular flexibility index (Phi) is 5.94. The van der Waals surface area contributed by atoms with E-state index in [1.807, 2.05) is 4.68 Å². The fraction of sp³-hybridized carbons (Fsp3) is 0.500. The fourth-order valence-corrected chi connectivity index (χ4v) is 2.74. The van der Waals surface area contributed by atoms with E-state index in [-0.39, 0.29) is 6.04 Å². The third kappa shape index (κ3) is 4.14. The van der Waals surface area contributed by atoms with Crippen molar-refractivity contribution in [3.63, 3.8) is 0 Å². The van der Waals surface area contributed by atoms with Crippen molar-refractivity contribution in [3.05, 3.63) is 46.0 Å². The summed E-state index contributed by atoms with van der Waals surface area (Å²) in [6.45, 7) is 8.23. The van der Waals surface area contributed by atoms with Gasteiger partial charge in [-0.25, -0.2) is 4.98 Å². The van der Waals surface area contributed by atoms with Gasteiger partial charge in [0, 0.05) is 23.5 Å². The van der Waals surface area contributed by atoms with Crippen LogP contribution in [0.1, 0.15) is 43.3 Å². The van der Waals surface area contributed by atoms with Crippen molar-refractivity contribution in [2.45, 2.75) is 46.2 Å². The average molecular weight is 351 g/mol. The van der Waals surface area contributed by atoms with Gasteiger partial charge in [0.2, 0.25) is 0 Å². The molecule has 1 unspecified atom stereocenters. The van der Waals surface area contributed by atoms with Gasteiger partial charge in [-0.2, -0.15) is 5.10 Å². The van der Waals surface area contributed by atoms with Crippen LogP contribution < -0.4 is 5.32 Å². The number of nitrogens with one attached hydrogen (secondary N) is 1. The Balaban J connectivity index is 2.23. The standard InChI is InChI=1S/C16H23BrN4/c1-4-8-18-15(10-16-19-11-20-21(16)5-2)13-7-6-12(3)14(17)9-13/h6-7,9,11,15,18H,4-5,8,10H2,1-3H3. The topological polar surface area (TPSA) is 42.7 Å². The maximum absolute atomic E-state index is 4.40. The van der Waals surface area contributed by atoms with E-state index in [0.29, 0.717) is 0 Å². The average Bonchev–Trinajstić information content (AvgIpc) is 2.93. The minimum Gasteiger partial charge on any atom is -0.310 e. The van der Waals surface area contributed by atoms with E-state index < -0.39 is 0 Å². The van der Waals surface area contributed by atoms with E-state index in [0.717, 1.165) is 36.2 Å². The van der Waals surface area contributed by atoms with Crippen LogP contribution in [-0.4, -0.2) is 21.3 Å². The molecule has 4 nitrogen and oxygen atoms in total. The lowest BCUT2D eigenvalue weighted by Gasteiger charge is -2.19. The molecule has 0 saturated heterocycles. The van der Waals surface area contributed by atoms with Crippen molar-refractivity contribution in [3.8, 4) is 0 Å². The highest BCUT2D eigenvalue weighted by Gasteiger charge is 2.15. The first-order valence-corrected chi connectivity index (χ1v) is 8.31. The normalized spacial score (nSPS) is 12.6. The molecular formula is C16H23BrN4. The summed E-state index contributed by atoms with van der Waals surface area (Å²) in [5, 5.41) is 7.88. The van der Waals surface area contributed by atoms with Crippen LogP contribution in [0.15, 0.2) is 29.0 Å². The fourth-order valence-electron chi connectivity index (χ4n) is 2.35. The molecule has 0 aliphatic heterocycles. The number of hydrogen-bond acceptors (Lipinski definition) is 3. The molecule has 0 radical (unpaired) electrons.